The maximum atomic E-state index is 13.5. The zero-order valence-corrected chi connectivity index (χ0v) is 13.1. The molecule has 2 aromatic rings. The van der Waals surface area contributed by atoms with Gasteiger partial charge in [-0.15, -0.1) is 0 Å². The minimum absolute atomic E-state index is 0.214. The number of ether oxygens (including phenoxy) is 2. The van der Waals surface area contributed by atoms with Crippen LogP contribution >= 0.6 is 0 Å². The van der Waals surface area contributed by atoms with Crippen molar-refractivity contribution in [1.82, 2.24) is 0 Å². The van der Waals surface area contributed by atoms with Crippen LogP contribution in [0.5, 0.6) is 5.75 Å². The molecule has 0 fully saturated rings. The molecule has 5 nitrogen and oxygen atoms in total. The lowest BCUT2D eigenvalue weighted by atomic mass is 10.2. The Morgan fingerprint density at radius 1 is 1.08 bits per heavy atom. The van der Waals surface area contributed by atoms with Gasteiger partial charge in [-0.2, -0.15) is 0 Å². The van der Waals surface area contributed by atoms with Gasteiger partial charge in [0, 0.05) is 0 Å². The largest absolute Gasteiger partial charge is 0.484 e. The number of halogens is 3. The monoisotopic (exact) mass is 353 g/mol. The summed E-state index contributed by atoms with van der Waals surface area (Å²) in [6.07, 6.45) is 0. The molecule has 0 radical (unpaired) electrons. The molecule has 0 heterocycles. The third-order valence-electron chi connectivity index (χ3n) is 3.02. The number of esters is 1. The number of carbonyl (C=O) groups is 2. The third-order valence-corrected chi connectivity index (χ3v) is 3.02. The maximum absolute atomic E-state index is 13.5. The van der Waals surface area contributed by atoms with Crippen LogP contribution in [0.1, 0.15) is 17.3 Å². The smallest absolute Gasteiger partial charge is 0.338 e. The van der Waals surface area contributed by atoms with Gasteiger partial charge < -0.3 is 14.8 Å². The van der Waals surface area contributed by atoms with Crippen molar-refractivity contribution in [3.8, 4) is 5.75 Å². The first-order valence-corrected chi connectivity index (χ1v) is 7.25. The van der Waals surface area contributed by atoms with Gasteiger partial charge >= 0.3 is 5.97 Å². The number of benzene rings is 2. The lowest BCUT2D eigenvalue weighted by molar-refractivity contribution is -0.118. The molecule has 0 aliphatic rings. The van der Waals surface area contributed by atoms with Gasteiger partial charge in [-0.25, -0.2) is 18.0 Å². The van der Waals surface area contributed by atoms with E-state index in [1.54, 1.807) is 6.92 Å². The van der Waals surface area contributed by atoms with Crippen LogP contribution in [0.25, 0.3) is 0 Å². The fourth-order valence-corrected chi connectivity index (χ4v) is 1.88. The van der Waals surface area contributed by atoms with Gasteiger partial charge in [-0.3, -0.25) is 4.79 Å². The summed E-state index contributed by atoms with van der Waals surface area (Å²) in [4.78, 5) is 23.4. The first kappa shape index (κ1) is 18.3. The second kappa shape index (κ2) is 8.18. The first-order chi connectivity index (χ1) is 11.9. The standard InChI is InChI=1S/C17H14F3NO4/c1-2-24-17(23)10-4-3-5-11(8-10)25-9-14(22)21-13-7-6-12(18)15(19)16(13)20/h3-8H,2,9H2,1H3,(H,21,22). The van der Waals surface area contributed by atoms with Crippen LogP contribution < -0.4 is 10.1 Å². The van der Waals surface area contributed by atoms with Gasteiger partial charge in [-0.1, -0.05) is 6.07 Å². The van der Waals surface area contributed by atoms with Crippen molar-refractivity contribution >= 4 is 17.6 Å². The van der Waals surface area contributed by atoms with E-state index >= 15 is 0 Å². The van der Waals surface area contributed by atoms with Crippen LogP contribution in [-0.4, -0.2) is 25.1 Å². The summed E-state index contributed by atoms with van der Waals surface area (Å²) in [7, 11) is 0. The van der Waals surface area contributed by atoms with Gasteiger partial charge in [0.2, 0.25) is 0 Å². The molecule has 132 valence electrons. The van der Waals surface area contributed by atoms with E-state index in [9.17, 15) is 22.8 Å². The summed E-state index contributed by atoms with van der Waals surface area (Å²) >= 11 is 0. The molecule has 1 N–H and O–H groups in total. The quantitative estimate of drug-likeness (QED) is 0.639. The number of hydrogen-bond donors (Lipinski definition) is 1. The van der Waals surface area contributed by atoms with Gasteiger partial charge in [-0.05, 0) is 37.3 Å². The average Bonchev–Trinajstić information content (AvgIpc) is 2.61. The summed E-state index contributed by atoms with van der Waals surface area (Å²) in [5.41, 5.74) is -0.265. The molecule has 0 aliphatic carbocycles. The van der Waals surface area contributed by atoms with E-state index in [0.717, 1.165) is 6.07 Å². The van der Waals surface area contributed by atoms with Crippen LogP contribution in [0.4, 0.5) is 18.9 Å². The molecule has 0 unspecified atom stereocenters. The number of nitrogens with one attached hydrogen (secondary N) is 1. The number of hydrogen-bond acceptors (Lipinski definition) is 4. The molecule has 2 aromatic carbocycles. The first-order valence-electron chi connectivity index (χ1n) is 7.25. The van der Waals surface area contributed by atoms with Crippen molar-refractivity contribution in [1.29, 1.82) is 0 Å². The molecule has 0 saturated carbocycles. The average molecular weight is 353 g/mol. The third kappa shape index (κ3) is 4.72. The number of amides is 1. The SMILES string of the molecule is CCOC(=O)c1cccc(OCC(=O)Nc2ccc(F)c(F)c2F)c1. The van der Waals surface area contributed by atoms with Crippen LogP contribution in [0.3, 0.4) is 0 Å². The molecular formula is C17H14F3NO4. The Morgan fingerprint density at radius 2 is 1.84 bits per heavy atom. The van der Waals surface area contributed by atoms with Crippen LogP contribution in [0.15, 0.2) is 36.4 Å². The molecule has 2 rings (SSSR count). The van der Waals surface area contributed by atoms with Crippen LogP contribution in [0.2, 0.25) is 0 Å². The summed E-state index contributed by atoms with van der Waals surface area (Å²) in [5.74, 6) is -5.65. The predicted molar refractivity (Wildman–Crippen MR) is 82.8 cm³/mol. The predicted octanol–water partition coefficient (Wildman–Crippen LogP) is 3.30. The molecule has 0 aliphatic heterocycles. The molecule has 1 amide bonds. The highest BCUT2D eigenvalue weighted by atomic mass is 19.2. The molecule has 0 aromatic heterocycles. The van der Waals surface area contributed by atoms with Gasteiger partial charge in [0.1, 0.15) is 5.75 Å². The van der Waals surface area contributed by atoms with Gasteiger partial charge in [0.15, 0.2) is 24.1 Å². The van der Waals surface area contributed by atoms with E-state index < -0.39 is 41.6 Å². The second-order valence-corrected chi connectivity index (χ2v) is 4.81. The van der Waals surface area contributed by atoms with Crippen molar-refractivity contribution in [2.45, 2.75) is 6.92 Å². The molecule has 0 bridgehead atoms. The van der Waals surface area contributed by atoms with E-state index in [0.29, 0.717) is 6.07 Å². The minimum atomic E-state index is -1.68. The van der Waals surface area contributed by atoms with Crippen molar-refractivity contribution in [2.75, 3.05) is 18.5 Å². The van der Waals surface area contributed by atoms with Crippen molar-refractivity contribution < 1.29 is 32.2 Å². The number of carbonyl (C=O) groups excluding carboxylic acids is 2. The Bertz CT molecular complexity index is 795. The summed E-state index contributed by atoms with van der Waals surface area (Å²) in [6.45, 7) is 1.36. The summed E-state index contributed by atoms with van der Waals surface area (Å²) < 4.78 is 49.4. The van der Waals surface area contributed by atoms with Gasteiger partial charge in [0.25, 0.3) is 5.91 Å². The van der Waals surface area contributed by atoms with Crippen LogP contribution in [0, 0.1) is 17.5 Å². The lowest BCUT2D eigenvalue weighted by Gasteiger charge is -2.09. The van der Waals surface area contributed by atoms with E-state index in [1.807, 2.05) is 0 Å². The van der Waals surface area contributed by atoms with E-state index in [4.69, 9.17) is 9.47 Å². The fourth-order valence-electron chi connectivity index (χ4n) is 1.88. The topological polar surface area (TPSA) is 64.6 Å². The van der Waals surface area contributed by atoms with Crippen molar-refractivity contribution in [3.63, 3.8) is 0 Å². The van der Waals surface area contributed by atoms with Gasteiger partial charge in [0.05, 0.1) is 17.9 Å². The maximum Gasteiger partial charge on any atom is 0.338 e. The zero-order valence-electron chi connectivity index (χ0n) is 13.1. The lowest BCUT2D eigenvalue weighted by Crippen LogP contribution is -2.21. The Morgan fingerprint density at radius 3 is 2.56 bits per heavy atom. The Labute approximate surface area is 141 Å². The number of anilines is 1. The molecule has 0 saturated heterocycles. The van der Waals surface area contributed by atoms with Crippen molar-refractivity contribution in [2.24, 2.45) is 0 Å². The molecule has 8 heteroatoms. The highest BCUT2D eigenvalue weighted by Gasteiger charge is 2.15. The summed E-state index contributed by atoms with van der Waals surface area (Å²) in [6, 6.07) is 7.53. The molecule has 0 spiro atoms. The van der Waals surface area contributed by atoms with E-state index in [2.05, 4.69) is 5.32 Å². The highest BCUT2D eigenvalue weighted by molar-refractivity contribution is 5.92. The van der Waals surface area contributed by atoms with Crippen LogP contribution in [-0.2, 0) is 9.53 Å². The van der Waals surface area contributed by atoms with E-state index in [-0.39, 0.29) is 17.9 Å². The second-order valence-electron chi connectivity index (χ2n) is 4.81. The molecular weight excluding hydrogens is 339 g/mol. The van der Waals surface area contributed by atoms with Crippen molar-refractivity contribution in [3.05, 3.63) is 59.4 Å². The number of rotatable bonds is 6. The Kier molecular flexibility index (Phi) is 5.99. The zero-order chi connectivity index (χ0) is 18.4. The fraction of sp³-hybridized carbons (Fsp3) is 0.176. The highest BCUT2D eigenvalue weighted by Crippen LogP contribution is 2.20. The van der Waals surface area contributed by atoms with E-state index in [1.165, 1.54) is 24.3 Å². The normalized spacial score (nSPS) is 10.2. The Balaban J connectivity index is 1.98. The molecule has 25 heavy (non-hydrogen) atoms. The molecule has 0 atom stereocenters. The minimum Gasteiger partial charge on any atom is -0.484 e. The Hall–Kier alpha value is -3.03. The summed E-state index contributed by atoms with van der Waals surface area (Å²) in [5, 5.41) is 2.07.